The molecule has 0 amide bonds. The number of anilines is 1. The first-order valence-corrected chi connectivity index (χ1v) is 6.28. The molecule has 0 saturated carbocycles. The Labute approximate surface area is 116 Å². The van der Waals surface area contributed by atoms with Crippen molar-refractivity contribution in [1.82, 2.24) is 14.8 Å². The van der Waals surface area contributed by atoms with Gasteiger partial charge in [-0.1, -0.05) is 6.07 Å². The predicted molar refractivity (Wildman–Crippen MR) is 75.3 cm³/mol. The zero-order chi connectivity index (χ0) is 14.5. The van der Waals surface area contributed by atoms with E-state index in [2.05, 4.69) is 15.4 Å². The van der Waals surface area contributed by atoms with Gasteiger partial charge in [-0.15, -0.1) is 0 Å². The summed E-state index contributed by atoms with van der Waals surface area (Å²) >= 11 is 0. The molecule has 0 aromatic carbocycles. The molecule has 2 heterocycles. The summed E-state index contributed by atoms with van der Waals surface area (Å²) in [4.78, 5) is 15.9. The van der Waals surface area contributed by atoms with E-state index in [1.807, 2.05) is 19.9 Å². The first-order chi connectivity index (χ1) is 9.60. The van der Waals surface area contributed by atoms with Crippen molar-refractivity contribution < 1.29 is 0 Å². The van der Waals surface area contributed by atoms with Gasteiger partial charge in [0.25, 0.3) is 5.56 Å². The summed E-state index contributed by atoms with van der Waals surface area (Å²) in [6, 6.07) is 7.23. The maximum absolute atomic E-state index is 12.0. The van der Waals surface area contributed by atoms with Crippen LogP contribution in [0, 0.1) is 11.3 Å². The highest BCUT2D eigenvalue weighted by Gasteiger charge is 2.06. The molecular weight excluding hydrogens is 254 g/mol. The van der Waals surface area contributed by atoms with Gasteiger partial charge in [0.15, 0.2) is 0 Å². The highest BCUT2D eigenvalue weighted by Crippen LogP contribution is 2.06. The molecule has 1 N–H and O–H groups in total. The number of nitriles is 1. The summed E-state index contributed by atoms with van der Waals surface area (Å²) in [5.74, 6) is 0. The van der Waals surface area contributed by atoms with Gasteiger partial charge in [0.2, 0.25) is 0 Å². The lowest BCUT2D eigenvalue weighted by Gasteiger charge is -2.10. The normalized spacial score (nSPS) is 10.3. The van der Waals surface area contributed by atoms with E-state index >= 15 is 0 Å². The summed E-state index contributed by atoms with van der Waals surface area (Å²) in [7, 11) is 0. The Morgan fingerprint density at radius 3 is 2.95 bits per heavy atom. The van der Waals surface area contributed by atoms with Crippen molar-refractivity contribution in [3.8, 4) is 6.07 Å². The van der Waals surface area contributed by atoms with E-state index in [-0.39, 0.29) is 18.1 Å². The Morgan fingerprint density at radius 2 is 2.30 bits per heavy atom. The molecule has 0 bridgehead atoms. The van der Waals surface area contributed by atoms with E-state index in [4.69, 9.17) is 5.26 Å². The second kappa shape index (κ2) is 5.97. The fraction of sp³-hybridized carbons (Fsp3) is 0.286. The maximum atomic E-state index is 12.0. The minimum Gasteiger partial charge on any atom is -0.381 e. The van der Waals surface area contributed by atoms with Gasteiger partial charge in [-0.25, -0.2) is 9.67 Å². The predicted octanol–water partition coefficient (Wildman–Crippen LogP) is 1.38. The third kappa shape index (κ3) is 3.20. The van der Waals surface area contributed by atoms with Gasteiger partial charge < -0.3 is 5.32 Å². The van der Waals surface area contributed by atoms with Crippen LogP contribution in [0.2, 0.25) is 0 Å². The summed E-state index contributed by atoms with van der Waals surface area (Å²) in [6.45, 7) is 4.21. The number of hydrogen-bond acceptors (Lipinski definition) is 5. The van der Waals surface area contributed by atoms with Crippen LogP contribution in [0.1, 0.15) is 25.1 Å². The first kappa shape index (κ1) is 13.7. The quantitative estimate of drug-likeness (QED) is 0.906. The van der Waals surface area contributed by atoms with Gasteiger partial charge in [-0.05, 0) is 19.9 Å². The molecule has 0 fully saturated rings. The third-order valence-electron chi connectivity index (χ3n) is 2.64. The Balaban J connectivity index is 2.27. The third-order valence-corrected chi connectivity index (χ3v) is 2.64. The summed E-state index contributed by atoms with van der Waals surface area (Å²) in [5.41, 5.74) is 1.45. The average Bonchev–Trinajstić information content (AvgIpc) is 2.42. The SMILES string of the molecule is CC(C)Nc1cnn(Cc2cccnc2C#N)c(=O)c1. The van der Waals surface area contributed by atoms with Gasteiger partial charge in [0.1, 0.15) is 11.8 Å². The molecule has 102 valence electrons. The Hall–Kier alpha value is -2.68. The molecule has 0 saturated heterocycles. The molecule has 0 aliphatic carbocycles. The Morgan fingerprint density at radius 1 is 1.50 bits per heavy atom. The van der Waals surface area contributed by atoms with Gasteiger partial charge >= 0.3 is 0 Å². The van der Waals surface area contributed by atoms with Crippen molar-refractivity contribution >= 4 is 5.69 Å². The molecule has 2 rings (SSSR count). The lowest BCUT2D eigenvalue weighted by Crippen LogP contribution is -2.24. The van der Waals surface area contributed by atoms with Crippen LogP contribution in [0.4, 0.5) is 5.69 Å². The number of hydrogen-bond donors (Lipinski definition) is 1. The molecule has 0 aliphatic rings. The van der Waals surface area contributed by atoms with E-state index in [9.17, 15) is 4.79 Å². The van der Waals surface area contributed by atoms with Crippen LogP contribution in [-0.4, -0.2) is 20.8 Å². The van der Waals surface area contributed by atoms with Crippen LogP contribution in [0.3, 0.4) is 0 Å². The highest BCUT2D eigenvalue weighted by molar-refractivity contribution is 5.39. The van der Waals surface area contributed by atoms with Gasteiger partial charge in [0.05, 0.1) is 18.4 Å². The number of nitrogens with zero attached hydrogens (tertiary/aromatic N) is 4. The lowest BCUT2D eigenvalue weighted by molar-refractivity contribution is 0.636. The molecule has 0 aliphatic heterocycles. The monoisotopic (exact) mass is 269 g/mol. The number of rotatable bonds is 4. The molecule has 20 heavy (non-hydrogen) atoms. The zero-order valence-corrected chi connectivity index (χ0v) is 11.4. The lowest BCUT2D eigenvalue weighted by atomic mass is 10.2. The summed E-state index contributed by atoms with van der Waals surface area (Å²) in [6.07, 6.45) is 3.15. The van der Waals surface area contributed by atoms with Crippen molar-refractivity contribution in [1.29, 1.82) is 5.26 Å². The van der Waals surface area contributed by atoms with Crippen LogP contribution in [0.5, 0.6) is 0 Å². The van der Waals surface area contributed by atoms with Crippen LogP contribution in [0.25, 0.3) is 0 Å². The topological polar surface area (TPSA) is 83.6 Å². The van der Waals surface area contributed by atoms with Crippen molar-refractivity contribution in [2.45, 2.75) is 26.4 Å². The smallest absolute Gasteiger partial charge is 0.269 e. The van der Waals surface area contributed by atoms with Crippen molar-refractivity contribution in [2.24, 2.45) is 0 Å². The van der Waals surface area contributed by atoms with Crippen molar-refractivity contribution in [3.63, 3.8) is 0 Å². The summed E-state index contributed by atoms with van der Waals surface area (Å²) in [5, 5.41) is 16.2. The molecule has 0 spiro atoms. The minimum atomic E-state index is -0.219. The van der Waals surface area contributed by atoms with Crippen LogP contribution < -0.4 is 10.9 Å². The van der Waals surface area contributed by atoms with Gasteiger partial charge in [-0.3, -0.25) is 4.79 Å². The van der Waals surface area contributed by atoms with E-state index in [0.29, 0.717) is 16.9 Å². The van der Waals surface area contributed by atoms with E-state index in [1.165, 1.54) is 10.7 Å². The van der Waals surface area contributed by atoms with Crippen LogP contribution >= 0.6 is 0 Å². The molecular formula is C14H15N5O. The van der Waals surface area contributed by atoms with Crippen LogP contribution in [-0.2, 0) is 6.54 Å². The molecule has 6 heteroatoms. The van der Waals surface area contributed by atoms with Crippen LogP contribution in [0.15, 0.2) is 35.4 Å². The number of nitrogens with one attached hydrogen (secondary N) is 1. The number of pyridine rings is 1. The van der Waals surface area contributed by atoms with Gasteiger partial charge in [-0.2, -0.15) is 10.4 Å². The van der Waals surface area contributed by atoms with Gasteiger partial charge in [0, 0.05) is 23.9 Å². The van der Waals surface area contributed by atoms with E-state index in [1.54, 1.807) is 24.5 Å². The highest BCUT2D eigenvalue weighted by atomic mass is 16.1. The maximum Gasteiger partial charge on any atom is 0.269 e. The molecule has 6 nitrogen and oxygen atoms in total. The van der Waals surface area contributed by atoms with E-state index in [0.717, 1.165) is 0 Å². The fourth-order valence-electron chi connectivity index (χ4n) is 1.79. The molecule has 2 aromatic heterocycles. The second-order valence-corrected chi connectivity index (χ2v) is 4.66. The molecule has 0 unspecified atom stereocenters. The Bertz CT molecular complexity index is 699. The van der Waals surface area contributed by atoms with Crippen molar-refractivity contribution in [3.05, 3.63) is 52.2 Å². The largest absolute Gasteiger partial charge is 0.381 e. The average molecular weight is 269 g/mol. The Kier molecular flexibility index (Phi) is 4.11. The standard InChI is InChI=1S/C14H15N5O/c1-10(2)18-12-6-14(20)19(17-8-12)9-11-4-3-5-16-13(11)7-15/h3-6,8,10,18H,9H2,1-2H3. The second-order valence-electron chi connectivity index (χ2n) is 4.66. The summed E-state index contributed by atoms with van der Waals surface area (Å²) < 4.78 is 1.31. The molecule has 2 aromatic rings. The minimum absolute atomic E-state index is 0.219. The zero-order valence-electron chi connectivity index (χ0n) is 11.4. The molecule has 0 atom stereocenters. The molecule has 0 radical (unpaired) electrons. The number of aromatic nitrogens is 3. The fourth-order valence-corrected chi connectivity index (χ4v) is 1.79. The van der Waals surface area contributed by atoms with Crippen molar-refractivity contribution in [2.75, 3.05) is 5.32 Å². The first-order valence-electron chi connectivity index (χ1n) is 6.28. The van der Waals surface area contributed by atoms with E-state index < -0.39 is 0 Å².